The Morgan fingerprint density at radius 3 is 2.18 bits per heavy atom. The Morgan fingerprint density at radius 2 is 1.82 bits per heavy atom. The van der Waals surface area contributed by atoms with E-state index >= 15 is 0 Å². The molecule has 0 aromatic heterocycles. The average molecular weight is 256 g/mol. The zero-order valence-electron chi connectivity index (χ0n) is 10.7. The summed E-state index contributed by atoms with van der Waals surface area (Å²) >= 11 is 5.85. The van der Waals surface area contributed by atoms with Gasteiger partial charge < -0.3 is 0 Å². The molecule has 0 fully saturated rings. The van der Waals surface area contributed by atoms with Crippen LogP contribution in [0.15, 0.2) is 12.1 Å². The first-order valence-electron chi connectivity index (χ1n) is 5.75. The van der Waals surface area contributed by atoms with E-state index < -0.39 is 0 Å². The number of alkyl halides is 1. The Morgan fingerprint density at radius 1 is 1.24 bits per heavy atom. The van der Waals surface area contributed by atoms with Crippen molar-refractivity contribution in [3.8, 4) is 0 Å². The second kappa shape index (κ2) is 5.50. The third-order valence-corrected chi connectivity index (χ3v) is 3.17. The van der Waals surface area contributed by atoms with Crippen molar-refractivity contribution in [2.24, 2.45) is 0 Å². The van der Waals surface area contributed by atoms with E-state index in [0.717, 1.165) is 11.1 Å². The minimum absolute atomic E-state index is 0.148. The summed E-state index contributed by atoms with van der Waals surface area (Å²) in [5, 5.41) is 11.1. The lowest BCUT2D eigenvalue weighted by atomic mass is 9.91. The van der Waals surface area contributed by atoms with Gasteiger partial charge in [-0.1, -0.05) is 33.8 Å². The highest BCUT2D eigenvalue weighted by Gasteiger charge is 2.21. The third kappa shape index (κ3) is 2.97. The Kier molecular flexibility index (Phi) is 4.52. The van der Waals surface area contributed by atoms with Crippen molar-refractivity contribution >= 4 is 17.3 Å². The van der Waals surface area contributed by atoms with Crippen molar-refractivity contribution in [3.05, 3.63) is 38.9 Å². The van der Waals surface area contributed by atoms with Crippen LogP contribution in [-0.4, -0.2) is 4.92 Å². The lowest BCUT2D eigenvalue weighted by molar-refractivity contribution is -0.385. The maximum absolute atomic E-state index is 11.1. The molecule has 0 saturated carbocycles. The van der Waals surface area contributed by atoms with Gasteiger partial charge in [0.2, 0.25) is 0 Å². The minimum Gasteiger partial charge on any atom is -0.258 e. The van der Waals surface area contributed by atoms with Gasteiger partial charge in [0.25, 0.3) is 5.69 Å². The molecule has 3 nitrogen and oxygen atoms in total. The molecule has 0 atom stereocenters. The molecule has 0 unspecified atom stereocenters. The van der Waals surface area contributed by atoms with E-state index in [1.807, 2.05) is 33.8 Å². The van der Waals surface area contributed by atoms with Crippen LogP contribution in [0.25, 0.3) is 0 Å². The summed E-state index contributed by atoms with van der Waals surface area (Å²) in [5.41, 5.74) is 2.78. The average Bonchev–Trinajstić information content (AvgIpc) is 2.26. The van der Waals surface area contributed by atoms with E-state index in [1.54, 1.807) is 6.07 Å². The molecule has 0 aliphatic heterocycles. The van der Waals surface area contributed by atoms with E-state index in [4.69, 9.17) is 11.6 Å². The molecule has 0 saturated heterocycles. The normalized spacial score (nSPS) is 11.2. The molecule has 1 rings (SSSR count). The van der Waals surface area contributed by atoms with Crippen molar-refractivity contribution in [1.82, 2.24) is 0 Å². The van der Waals surface area contributed by atoms with Crippen molar-refractivity contribution in [2.45, 2.75) is 45.4 Å². The van der Waals surface area contributed by atoms with Crippen LogP contribution in [0.2, 0.25) is 0 Å². The number of nitro benzene ring substituents is 1. The van der Waals surface area contributed by atoms with Crippen molar-refractivity contribution in [1.29, 1.82) is 0 Å². The summed E-state index contributed by atoms with van der Waals surface area (Å²) in [6.07, 6.45) is 0. The first kappa shape index (κ1) is 14.0. The van der Waals surface area contributed by atoms with Crippen LogP contribution in [-0.2, 0) is 5.88 Å². The van der Waals surface area contributed by atoms with E-state index in [-0.39, 0.29) is 28.3 Å². The number of hydrogen-bond acceptors (Lipinski definition) is 2. The molecule has 1 aromatic rings. The zero-order chi connectivity index (χ0) is 13.2. The Balaban J connectivity index is 3.51. The Labute approximate surface area is 107 Å². The minimum atomic E-state index is -0.338. The first-order chi connectivity index (χ1) is 7.88. The van der Waals surface area contributed by atoms with Crippen LogP contribution in [0.3, 0.4) is 0 Å². The molecule has 0 bridgehead atoms. The summed E-state index contributed by atoms with van der Waals surface area (Å²) in [6.45, 7) is 8.12. The van der Waals surface area contributed by atoms with Crippen LogP contribution < -0.4 is 0 Å². The Hall–Kier alpha value is -1.09. The molecule has 0 spiro atoms. The predicted molar refractivity (Wildman–Crippen MR) is 70.8 cm³/mol. The molecule has 0 amide bonds. The van der Waals surface area contributed by atoms with Gasteiger partial charge in [0.05, 0.1) is 10.8 Å². The second-order valence-corrected chi connectivity index (χ2v) is 5.08. The van der Waals surface area contributed by atoms with Crippen LogP contribution in [0.1, 0.15) is 56.2 Å². The molecule has 0 aliphatic rings. The van der Waals surface area contributed by atoms with Crippen LogP contribution in [0.5, 0.6) is 0 Å². The number of halogens is 1. The van der Waals surface area contributed by atoms with E-state index in [1.165, 1.54) is 0 Å². The van der Waals surface area contributed by atoms with Gasteiger partial charge in [-0.05, 0) is 23.0 Å². The number of benzene rings is 1. The largest absolute Gasteiger partial charge is 0.274 e. The number of nitrogens with zero attached hydrogens (tertiary/aromatic N) is 1. The predicted octanol–water partition coefficient (Wildman–Crippen LogP) is 4.58. The maximum Gasteiger partial charge on any atom is 0.274 e. The van der Waals surface area contributed by atoms with Gasteiger partial charge in [-0.25, -0.2) is 0 Å². The standard InChI is InChI=1S/C13H18ClNO2/c1-8(2)10-5-11(9(3)4)12(7-14)13(6-10)15(16)17/h5-6,8-9H,7H2,1-4H3. The fraction of sp³-hybridized carbons (Fsp3) is 0.538. The van der Waals surface area contributed by atoms with E-state index in [9.17, 15) is 10.1 Å². The number of hydrogen-bond donors (Lipinski definition) is 0. The van der Waals surface area contributed by atoms with Gasteiger partial charge in [0, 0.05) is 11.6 Å². The van der Waals surface area contributed by atoms with Crippen LogP contribution >= 0.6 is 11.6 Å². The molecule has 17 heavy (non-hydrogen) atoms. The molecular weight excluding hydrogens is 238 g/mol. The van der Waals surface area contributed by atoms with Gasteiger partial charge in [0.15, 0.2) is 0 Å². The molecule has 0 heterocycles. The number of rotatable bonds is 4. The lowest BCUT2D eigenvalue weighted by Gasteiger charge is -2.15. The summed E-state index contributed by atoms with van der Waals surface area (Å²) in [4.78, 5) is 10.7. The SMILES string of the molecule is CC(C)c1cc(C(C)C)c(CCl)c([N+](=O)[O-])c1. The van der Waals surface area contributed by atoms with Gasteiger partial charge in [0.1, 0.15) is 0 Å². The highest BCUT2D eigenvalue weighted by molar-refractivity contribution is 6.17. The van der Waals surface area contributed by atoms with E-state index in [2.05, 4.69) is 0 Å². The van der Waals surface area contributed by atoms with Crippen LogP contribution in [0, 0.1) is 10.1 Å². The molecule has 4 heteroatoms. The van der Waals surface area contributed by atoms with Crippen molar-refractivity contribution in [2.75, 3.05) is 0 Å². The zero-order valence-corrected chi connectivity index (χ0v) is 11.4. The first-order valence-corrected chi connectivity index (χ1v) is 6.29. The topological polar surface area (TPSA) is 43.1 Å². The van der Waals surface area contributed by atoms with Gasteiger partial charge in [-0.3, -0.25) is 10.1 Å². The van der Waals surface area contributed by atoms with Gasteiger partial charge in [-0.2, -0.15) is 0 Å². The maximum atomic E-state index is 11.1. The van der Waals surface area contributed by atoms with Gasteiger partial charge >= 0.3 is 0 Å². The van der Waals surface area contributed by atoms with Crippen LogP contribution in [0.4, 0.5) is 5.69 Å². The lowest BCUT2D eigenvalue weighted by Crippen LogP contribution is -2.03. The Bertz CT molecular complexity index is 428. The fourth-order valence-corrected chi connectivity index (χ4v) is 2.15. The quantitative estimate of drug-likeness (QED) is 0.449. The highest BCUT2D eigenvalue weighted by atomic mass is 35.5. The molecule has 0 N–H and O–H groups in total. The number of nitro groups is 1. The van der Waals surface area contributed by atoms with Crippen molar-refractivity contribution < 1.29 is 4.92 Å². The summed E-state index contributed by atoms with van der Waals surface area (Å²) in [7, 11) is 0. The molecule has 1 aromatic carbocycles. The molecule has 94 valence electrons. The summed E-state index contributed by atoms with van der Waals surface area (Å²) in [5.74, 6) is 0.694. The highest BCUT2D eigenvalue weighted by Crippen LogP contribution is 2.33. The third-order valence-electron chi connectivity index (χ3n) is 2.90. The fourth-order valence-electron chi connectivity index (χ4n) is 1.86. The summed E-state index contributed by atoms with van der Waals surface area (Å²) in [6, 6.07) is 3.69. The monoisotopic (exact) mass is 255 g/mol. The molecular formula is C13H18ClNO2. The smallest absolute Gasteiger partial charge is 0.258 e. The second-order valence-electron chi connectivity index (χ2n) is 4.81. The molecule has 0 radical (unpaired) electrons. The van der Waals surface area contributed by atoms with E-state index in [0.29, 0.717) is 5.56 Å². The van der Waals surface area contributed by atoms with Crippen molar-refractivity contribution in [3.63, 3.8) is 0 Å². The van der Waals surface area contributed by atoms with Gasteiger partial charge in [-0.15, -0.1) is 11.6 Å². The summed E-state index contributed by atoms with van der Waals surface area (Å²) < 4.78 is 0. The molecule has 0 aliphatic carbocycles.